The SMILES string of the molecule is Cc1cnc(CC(N)C2C3CC4CC(C3)CC2C4)[nH]1. The fourth-order valence-corrected chi connectivity index (χ4v) is 5.60. The predicted molar refractivity (Wildman–Crippen MR) is 75.5 cm³/mol. The van der Waals surface area contributed by atoms with Gasteiger partial charge in [-0.3, -0.25) is 0 Å². The van der Waals surface area contributed by atoms with Crippen LogP contribution in [0.3, 0.4) is 0 Å². The minimum atomic E-state index is 0.306. The molecule has 3 nitrogen and oxygen atoms in total. The average Bonchev–Trinajstić information content (AvgIpc) is 2.73. The molecule has 4 fully saturated rings. The Bertz CT molecular complexity index is 436. The molecule has 1 heterocycles. The van der Waals surface area contributed by atoms with Crippen molar-refractivity contribution < 1.29 is 0 Å². The van der Waals surface area contributed by atoms with Crippen molar-refractivity contribution >= 4 is 0 Å². The van der Waals surface area contributed by atoms with E-state index in [1.807, 2.05) is 6.20 Å². The van der Waals surface area contributed by atoms with Crippen molar-refractivity contribution in [3.8, 4) is 0 Å². The number of aryl methyl sites for hydroxylation is 1. The molecule has 0 aromatic carbocycles. The van der Waals surface area contributed by atoms with Crippen LogP contribution in [-0.2, 0) is 6.42 Å². The summed E-state index contributed by atoms with van der Waals surface area (Å²) >= 11 is 0. The smallest absolute Gasteiger partial charge is 0.107 e. The van der Waals surface area contributed by atoms with Crippen LogP contribution in [0.5, 0.6) is 0 Å². The topological polar surface area (TPSA) is 54.7 Å². The Labute approximate surface area is 115 Å². The average molecular weight is 259 g/mol. The first-order valence-corrected chi connectivity index (χ1v) is 7.95. The lowest BCUT2D eigenvalue weighted by Gasteiger charge is -2.56. The molecule has 0 saturated heterocycles. The molecule has 1 aromatic heterocycles. The van der Waals surface area contributed by atoms with Gasteiger partial charge in [0.25, 0.3) is 0 Å². The number of aromatic amines is 1. The van der Waals surface area contributed by atoms with E-state index in [4.69, 9.17) is 5.73 Å². The molecule has 0 radical (unpaired) electrons. The monoisotopic (exact) mass is 259 g/mol. The van der Waals surface area contributed by atoms with E-state index in [0.29, 0.717) is 6.04 Å². The van der Waals surface area contributed by atoms with Crippen LogP contribution in [0.2, 0.25) is 0 Å². The molecule has 1 atom stereocenters. The first-order valence-electron chi connectivity index (χ1n) is 7.95. The van der Waals surface area contributed by atoms with Crippen LogP contribution in [0.4, 0.5) is 0 Å². The molecular weight excluding hydrogens is 234 g/mol. The summed E-state index contributed by atoms with van der Waals surface area (Å²) in [4.78, 5) is 7.77. The van der Waals surface area contributed by atoms with E-state index in [2.05, 4.69) is 16.9 Å². The lowest BCUT2D eigenvalue weighted by molar-refractivity contribution is -0.0466. The first kappa shape index (κ1) is 12.0. The maximum absolute atomic E-state index is 6.58. The zero-order chi connectivity index (χ0) is 13.0. The highest BCUT2D eigenvalue weighted by Crippen LogP contribution is 2.57. The van der Waals surface area contributed by atoms with Crippen molar-refractivity contribution in [2.24, 2.45) is 35.3 Å². The first-order chi connectivity index (χ1) is 9.19. The summed E-state index contributed by atoms with van der Waals surface area (Å²) in [6, 6.07) is 0.306. The molecule has 104 valence electrons. The quantitative estimate of drug-likeness (QED) is 0.877. The summed E-state index contributed by atoms with van der Waals surface area (Å²) in [6.07, 6.45) is 10.2. The molecule has 3 N–H and O–H groups in total. The molecule has 0 aliphatic heterocycles. The van der Waals surface area contributed by atoms with Crippen LogP contribution in [0, 0.1) is 36.5 Å². The number of nitrogens with two attached hydrogens (primary N) is 1. The number of nitrogens with zero attached hydrogens (tertiary/aromatic N) is 1. The van der Waals surface area contributed by atoms with Gasteiger partial charge in [-0.15, -0.1) is 0 Å². The van der Waals surface area contributed by atoms with E-state index >= 15 is 0 Å². The van der Waals surface area contributed by atoms with E-state index < -0.39 is 0 Å². The number of nitrogens with one attached hydrogen (secondary N) is 1. The number of hydrogen-bond acceptors (Lipinski definition) is 2. The van der Waals surface area contributed by atoms with Gasteiger partial charge >= 0.3 is 0 Å². The lowest BCUT2D eigenvalue weighted by Crippen LogP contribution is -2.52. The minimum absolute atomic E-state index is 0.306. The highest BCUT2D eigenvalue weighted by atomic mass is 14.9. The van der Waals surface area contributed by atoms with Gasteiger partial charge in [0.15, 0.2) is 0 Å². The van der Waals surface area contributed by atoms with Crippen LogP contribution < -0.4 is 5.73 Å². The lowest BCUT2D eigenvalue weighted by atomic mass is 9.50. The third-order valence-electron chi connectivity index (χ3n) is 5.98. The van der Waals surface area contributed by atoms with Crippen LogP contribution in [0.15, 0.2) is 6.20 Å². The molecule has 1 aromatic rings. The summed E-state index contributed by atoms with van der Waals surface area (Å²) in [5.41, 5.74) is 7.73. The van der Waals surface area contributed by atoms with E-state index in [1.165, 1.54) is 32.1 Å². The number of rotatable bonds is 3. The number of imidazole rings is 1. The van der Waals surface area contributed by atoms with E-state index in [0.717, 1.165) is 47.5 Å². The fraction of sp³-hybridized carbons (Fsp3) is 0.812. The standard InChI is InChI=1S/C16H25N3/c1-9-8-18-15(19-9)7-14(17)16-12-3-10-2-11(5-12)6-13(16)4-10/h8,10-14,16H,2-7,17H2,1H3,(H,18,19). The third kappa shape index (κ3) is 2.03. The van der Waals surface area contributed by atoms with Crippen molar-refractivity contribution in [3.63, 3.8) is 0 Å². The second kappa shape index (κ2) is 4.34. The van der Waals surface area contributed by atoms with Crippen LogP contribution >= 0.6 is 0 Å². The van der Waals surface area contributed by atoms with Crippen LogP contribution in [0.25, 0.3) is 0 Å². The third-order valence-corrected chi connectivity index (χ3v) is 5.98. The second-order valence-electron chi connectivity index (χ2n) is 7.39. The van der Waals surface area contributed by atoms with Gasteiger partial charge in [0.1, 0.15) is 5.82 Å². The van der Waals surface area contributed by atoms with Gasteiger partial charge in [-0.1, -0.05) is 0 Å². The van der Waals surface area contributed by atoms with Gasteiger partial charge in [0.2, 0.25) is 0 Å². The molecule has 5 rings (SSSR count). The Kier molecular flexibility index (Phi) is 2.73. The maximum atomic E-state index is 6.58. The highest BCUT2D eigenvalue weighted by Gasteiger charge is 2.49. The molecule has 4 bridgehead atoms. The van der Waals surface area contributed by atoms with Crippen molar-refractivity contribution in [2.45, 2.75) is 51.5 Å². The zero-order valence-corrected chi connectivity index (χ0v) is 11.8. The Morgan fingerprint density at radius 1 is 1.21 bits per heavy atom. The fourth-order valence-electron chi connectivity index (χ4n) is 5.60. The van der Waals surface area contributed by atoms with Gasteiger partial charge in [0.05, 0.1) is 0 Å². The molecule has 4 aliphatic carbocycles. The van der Waals surface area contributed by atoms with E-state index in [1.54, 1.807) is 0 Å². The molecule has 1 unspecified atom stereocenters. The van der Waals surface area contributed by atoms with Crippen molar-refractivity contribution in [3.05, 3.63) is 17.7 Å². The Morgan fingerprint density at radius 3 is 2.37 bits per heavy atom. The summed E-state index contributed by atoms with van der Waals surface area (Å²) in [5, 5.41) is 0. The molecule has 4 saturated carbocycles. The zero-order valence-electron chi connectivity index (χ0n) is 11.8. The van der Waals surface area contributed by atoms with Crippen LogP contribution in [-0.4, -0.2) is 16.0 Å². The summed E-state index contributed by atoms with van der Waals surface area (Å²) in [7, 11) is 0. The summed E-state index contributed by atoms with van der Waals surface area (Å²) < 4.78 is 0. The van der Waals surface area contributed by atoms with Gasteiger partial charge in [-0.05, 0) is 68.6 Å². The molecule has 0 spiro atoms. The number of hydrogen-bond donors (Lipinski definition) is 2. The van der Waals surface area contributed by atoms with E-state index in [-0.39, 0.29) is 0 Å². The van der Waals surface area contributed by atoms with Gasteiger partial charge < -0.3 is 10.7 Å². The van der Waals surface area contributed by atoms with Gasteiger partial charge in [-0.25, -0.2) is 4.98 Å². The largest absolute Gasteiger partial charge is 0.346 e. The number of aromatic nitrogens is 2. The van der Waals surface area contributed by atoms with Crippen molar-refractivity contribution in [1.29, 1.82) is 0 Å². The van der Waals surface area contributed by atoms with Gasteiger partial charge in [0, 0.05) is 24.4 Å². The van der Waals surface area contributed by atoms with Gasteiger partial charge in [-0.2, -0.15) is 0 Å². The molecule has 19 heavy (non-hydrogen) atoms. The summed E-state index contributed by atoms with van der Waals surface area (Å²) in [5.74, 6) is 5.76. The minimum Gasteiger partial charge on any atom is -0.346 e. The number of H-pyrrole nitrogens is 1. The normalized spacial score (nSPS) is 41.7. The summed E-state index contributed by atoms with van der Waals surface area (Å²) in [6.45, 7) is 2.06. The molecule has 3 heteroatoms. The molecule has 4 aliphatic rings. The van der Waals surface area contributed by atoms with Crippen LogP contribution in [0.1, 0.15) is 43.6 Å². The Hall–Kier alpha value is -0.830. The predicted octanol–water partition coefficient (Wildman–Crippen LogP) is 2.66. The maximum Gasteiger partial charge on any atom is 0.107 e. The van der Waals surface area contributed by atoms with E-state index in [9.17, 15) is 0 Å². The van der Waals surface area contributed by atoms with Crippen molar-refractivity contribution in [2.75, 3.05) is 0 Å². The highest BCUT2D eigenvalue weighted by molar-refractivity contribution is 5.05. The molecular formula is C16H25N3. The molecule has 0 amide bonds. The Balaban J connectivity index is 1.49. The Morgan fingerprint density at radius 2 is 1.84 bits per heavy atom. The van der Waals surface area contributed by atoms with Crippen molar-refractivity contribution in [1.82, 2.24) is 9.97 Å². The second-order valence-corrected chi connectivity index (χ2v) is 7.39.